The first-order valence-corrected chi connectivity index (χ1v) is 7.65. The molecule has 0 spiro atoms. The van der Waals surface area contributed by atoms with Gasteiger partial charge in [-0.1, -0.05) is 68.4 Å². The summed E-state index contributed by atoms with van der Waals surface area (Å²) in [5, 5.41) is 3.71. The third-order valence-electron chi connectivity index (χ3n) is 4.23. The minimum Gasteiger partial charge on any atom is -0.308 e. The molecule has 104 valence electrons. The van der Waals surface area contributed by atoms with Gasteiger partial charge in [0.15, 0.2) is 0 Å². The van der Waals surface area contributed by atoms with E-state index < -0.39 is 0 Å². The first-order chi connectivity index (χ1) is 9.75. The average molecular weight is 265 g/mol. The Morgan fingerprint density at radius 2 is 1.50 bits per heavy atom. The third kappa shape index (κ3) is 2.64. The van der Waals surface area contributed by atoms with Crippen molar-refractivity contribution in [2.75, 3.05) is 0 Å². The Hall–Kier alpha value is -1.60. The molecule has 2 aromatic rings. The molecule has 1 aliphatic carbocycles. The highest BCUT2D eigenvalue weighted by atomic mass is 14.9. The third-order valence-corrected chi connectivity index (χ3v) is 4.23. The van der Waals surface area contributed by atoms with Crippen molar-refractivity contribution in [2.24, 2.45) is 0 Å². The van der Waals surface area contributed by atoms with Crippen LogP contribution in [0.25, 0.3) is 0 Å². The molecule has 0 amide bonds. The lowest BCUT2D eigenvalue weighted by molar-refractivity contribution is 0.409. The molecule has 2 aromatic carbocycles. The van der Waals surface area contributed by atoms with Crippen LogP contribution in [0.15, 0.2) is 54.6 Å². The summed E-state index contributed by atoms with van der Waals surface area (Å²) in [6.07, 6.45) is 2.44. The van der Waals surface area contributed by atoms with Crippen LogP contribution in [0.2, 0.25) is 0 Å². The molecule has 1 aliphatic rings. The number of nitrogens with one attached hydrogen (secondary N) is 1. The van der Waals surface area contributed by atoms with Crippen molar-refractivity contribution in [3.8, 4) is 0 Å². The van der Waals surface area contributed by atoms with Gasteiger partial charge >= 0.3 is 0 Å². The van der Waals surface area contributed by atoms with E-state index >= 15 is 0 Å². The van der Waals surface area contributed by atoms with E-state index in [4.69, 9.17) is 0 Å². The van der Waals surface area contributed by atoms with Crippen LogP contribution in [-0.2, 0) is 0 Å². The molecule has 1 nitrogen and oxygen atoms in total. The van der Waals surface area contributed by atoms with Gasteiger partial charge < -0.3 is 5.32 Å². The Labute approximate surface area is 122 Å². The van der Waals surface area contributed by atoms with Crippen molar-refractivity contribution >= 4 is 0 Å². The van der Waals surface area contributed by atoms with Gasteiger partial charge in [0.1, 0.15) is 0 Å². The Morgan fingerprint density at radius 1 is 0.850 bits per heavy atom. The Kier molecular flexibility index (Phi) is 3.88. The summed E-state index contributed by atoms with van der Waals surface area (Å²) in [5.74, 6) is 0.553. The molecule has 0 radical (unpaired) electrons. The predicted octanol–water partition coefficient (Wildman–Crippen LogP) is 4.65. The van der Waals surface area contributed by atoms with Crippen LogP contribution in [0.3, 0.4) is 0 Å². The monoisotopic (exact) mass is 265 g/mol. The Balaban J connectivity index is 1.97. The van der Waals surface area contributed by atoms with Gasteiger partial charge in [0.2, 0.25) is 0 Å². The van der Waals surface area contributed by atoms with Crippen LogP contribution in [-0.4, -0.2) is 6.04 Å². The van der Waals surface area contributed by atoms with Crippen molar-refractivity contribution < 1.29 is 0 Å². The van der Waals surface area contributed by atoms with E-state index in [0.717, 1.165) is 0 Å². The minimum atomic E-state index is 0.506. The molecule has 0 saturated heterocycles. The molecule has 1 heteroatoms. The van der Waals surface area contributed by atoms with Crippen molar-refractivity contribution in [2.45, 2.75) is 44.7 Å². The van der Waals surface area contributed by atoms with Crippen molar-refractivity contribution in [1.82, 2.24) is 5.32 Å². The molecule has 0 aliphatic heterocycles. The number of rotatable bonds is 3. The van der Waals surface area contributed by atoms with Gasteiger partial charge in [-0.15, -0.1) is 0 Å². The summed E-state index contributed by atoms with van der Waals surface area (Å²) in [5.41, 5.74) is 4.44. The summed E-state index contributed by atoms with van der Waals surface area (Å²) in [6, 6.07) is 20.9. The fourth-order valence-electron chi connectivity index (χ4n) is 3.40. The van der Waals surface area contributed by atoms with E-state index in [0.29, 0.717) is 18.0 Å². The van der Waals surface area contributed by atoms with Crippen molar-refractivity contribution in [3.63, 3.8) is 0 Å². The van der Waals surface area contributed by atoms with Crippen LogP contribution in [0.1, 0.15) is 55.3 Å². The van der Waals surface area contributed by atoms with Gasteiger partial charge in [-0.3, -0.25) is 0 Å². The number of hydrogen-bond acceptors (Lipinski definition) is 1. The molecule has 0 bridgehead atoms. The number of benzene rings is 2. The molecule has 0 saturated carbocycles. The lowest BCUT2D eigenvalue weighted by Crippen LogP contribution is -2.31. The maximum absolute atomic E-state index is 3.71. The van der Waals surface area contributed by atoms with E-state index in [1.807, 2.05) is 0 Å². The van der Waals surface area contributed by atoms with E-state index in [1.165, 1.54) is 29.5 Å². The number of fused-ring (bicyclic) bond motifs is 1. The number of hydrogen-bond donors (Lipinski definition) is 1. The van der Waals surface area contributed by atoms with Gasteiger partial charge in [-0.25, -0.2) is 0 Å². The molecule has 0 fully saturated rings. The fraction of sp³-hybridized carbons (Fsp3) is 0.368. The fourth-order valence-corrected chi connectivity index (χ4v) is 3.40. The van der Waals surface area contributed by atoms with Crippen LogP contribution in [0, 0.1) is 0 Å². The lowest BCUT2D eigenvalue weighted by Gasteiger charge is -2.33. The molecule has 2 atom stereocenters. The molecule has 0 aromatic heterocycles. The van der Waals surface area contributed by atoms with Crippen LogP contribution in [0.4, 0.5) is 0 Å². The highest BCUT2D eigenvalue weighted by Crippen LogP contribution is 2.41. The molecule has 1 N–H and O–H groups in total. The second-order valence-corrected chi connectivity index (χ2v) is 6.04. The summed E-state index contributed by atoms with van der Waals surface area (Å²) in [6.45, 7) is 4.46. The topological polar surface area (TPSA) is 12.0 Å². The quantitative estimate of drug-likeness (QED) is 0.851. The van der Waals surface area contributed by atoms with Crippen LogP contribution in [0.5, 0.6) is 0 Å². The summed E-state index contributed by atoms with van der Waals surface area (Å²) >= 11 is 0. The maximum Gasteiger partial charge on any atom is 0.0325 e. The highest BCUT2D eigenvalue weighted by Gasteiger charge is 2.27. The predicted molar refractivity (Wildman–Crippen MR) is 85.0 cm³/mol. The zero-order valence-electron chi connectivity index (χ0n) is 12.3. The smallest absolute Gasteiger partial charge is 0.0325 e. The first-order valence-electron chi connectivity index (χ1n) is 7.65. The van der Waals surface area contributed by atoms with Crippen molar-refractivity contribution in [3.05, 3.63) is 71.3 Å². The minimum absolute atomic E-state index is 0.506. The highest BCUT2D eigenvalue weighted by molar-refractivity contribution is 5.41. The largest absolute Gasteiger partial charge is 0.308 e. The van der Waals surface area contributed by atoms with E-state index in [1.54, 1.807) is 0 Å². The van der Waals surface area contributed by atoms with Crippen LogP contribution < -0.4 is 5.32 Å². The van der Waals surface area contributed by atoms with Gasteiger partial charge in [0.25, 0.3) is 0 Å². The van der Waals surface area contributed by atoms with Gasteiger partial charge in [-0.05, 0) is 29.5 Å². The van der Waals surface area contributed by atoms with E-state index in [9.17, 15) is 0 Å². The normalized spacial score (nSPS) is 21.8. The molecule has 0 heterocycles. The zero-order valence-corrected chi connectivity index (χ0v) is 12.3. The van der Waals surface area contributed by atoms with Crippen LogP contribution >= 0.6 is 0 Å². The lowest BCUT2D eigenvalue weighted by atomic mass is 9.76. The Bertz CT molecular complexity index is 559. The second kappa shape index (κ2) is 5.80. The standard InChI is InChI=1S/C19H23N/c1-14(2)20-19-13-12-16(15-8-4-3-5-9-15)17-10-6-7-11-18(17)19/h3-11,14,16,19-20H,12-13H2,1-2H3. The molecular weight excluding hydrogens is 242 g/mol. The van der Waals surface area contributed by atoms with E-state index in [2.05, 4.69) is 73.8 Å². The van der Waals surface area contributed by atoms with E-state index in [-0.39, 0.29) is 0 Å². The zero-order chi connectivity index (χ0) is 13.9. The average Bonchev–Trinajstić information content (AvgIpc) is 2.48. The first kappa shape index (κ1) is 13.4. The van der Waals surface area contributed by atoms with Gasteiger partial charge in [0.05, 0.1) is 0 Å². The summed E-state index contributed by atoms with van der Waals surface area (Å²) in [7, 11) is 0. The van der Waals surface area contributed by atoms with Crippen molar-refractivity contribution in [1.29, 1.82) is 0 Å². The Morgan fingerprint density at radius 3 is 2.20 bits per heavy atom. The second-order valence-electron chi connectivity index (χ2n) is 6.04. The van der Waals surface area contributed by atoms with Gasteiger partial charge in [0, 0.05) is 18.0 Å². The maximum atomic E-state index is 3.71. The molecule has 3 rings (SSSR count). The molecule has 2 unspecified atom stereocenters. The summed E-state index contributed by atoms with van der Waals surface area (Å²) < 4.78 is 0. The SMILES string of the molecule is CC(C)NC1CCC(c2ccccc2)c2ccccc21. The summed E-state index contributed by atoms with van der Waals surface area (Å²) in [4.78, 5) is 0. The van der Waals surface area contributed by atoms with Gasteiger partial charge in [-0.2, -0.15) is 0 Å². The molecular formula is C19H23N. The molecule has 20 heavy (non-hydrogen) atoms.